The third-order valence-corrected chi connectivity index (χ3v) is 5.99. The normalized spacial score (nSPS) is 16.2. The minimum atomic E-state index is -0.340. The lowest BCUT2D eigenvalue weighted by atomic mass is 10.0. The van der Waals surface area contributed by atoms with Crippen LogP contribution in [0.5, 0.6) is 0 Å². The summed E-state index contributed by atoms with van der Waals surface area (Å²) in [5, 5.41) is 0. The second-order valence-electron chi connectivity index (χ2n) is 8.82. The zero-order valence-corrected chi connectivity index (χ0v) is 19.4. The molecule has 1 atom stereocenters. The molecule has 0 bridgehead atoms. The first-order valence-electron chi connectivity index (χ1n) is 11.4. The standard InChI is InChI=1S/C27H30FN3O2/c1-19(2)33-27(32)25-8-5-14-29-26(25)30(3)24-13-15-31(18-24)17-20-6-4-7-22(16-20)21-9-11-23(28)12-10-21/h4-12,14,16,19,24H,13,15,17-18H2,1-3H3/t24-/m1/s1. The van der Waals surface area contributed by atoms with E-state index in [-0.39, 0.29) is 23.9 Å². The van der Waals surface area contributed by atoms with Crippen LogP contribution in [0.3, 0.4) is 0 Å². The summed E-state index contributed by atoms with van der Waals surface area (Å²) in [4.78, 5) is 21.6. The largest absolute Gasteiger partial charge is 0.459 e. The Balaban J connectivity index is 1.43. The lowest BCUT2D eigenvalue weighted by Crippen LogP contribution is -2.36. The van der Waals surface area contributed by atoms with E-state index in [4.69, 9.17) is 4.74 Å². The van der Waals surface area contributed by atoms with Gasteiger partial charge in [0.25, 0.3) is 0 Å². The Hall–Kier alpha value is -3.25. The minimum absolute atomic E-state index is 0.177. The van der Waals surface area contributed by atoms with Crippen LogP contribution in [0.2, 0.25) is 0 Å². The highest BCUT2D eigenvalue weighted by Crippen LogP contribution is 2.26. The molecule has 0 unspecified atom stereocenters. The lowest BCUT2D eigenvalue weighted by Gasteiger charge is -2.27. The molecule has 0 N–H and O–H groups in total. The molecule has 6 heteroatoms. The molecule has 5 nitrogen and oxygen atoms in total. The van der Waals surface area contributed by atoms with Crippen molar-refractivity contribution in [3.8, 4) is 11.1 Å². The maximum Gasteiger partial charge on any atom is 0.342 e. The number of rotatable bonds is 7. The fraction of sp³-hybridized carbons (Fsp3) is 0.333. The Morgan fingerprint density at radius 3 is 2.70 bits per heavy atom. The molecular weight excluding hydrogens is 417 g/mol. The van der Waals surface area contributed by atoms with E-state index in [0.717, 1.165) is 37.2 Å². The fourth-order valence-electron chi connectivity index (χ4n) is 4.31. The molecule has 2 aromatic carbocycles. The van der Waals surface area contributed by atoms with Crippen LogP contribution in [-0.2, 0) is 11.3 Å². The summed E-state index contributed by atoms with van der Waals surface area (Å²) in [6, 6.07) is 18.8. The van der Waals surface area contributed by atoms with Crippen molar-refractivity contribution in [2.45, 2.75) is 39.0 Å². The van der Waals surface area contributed by atoms with Crippen LogP contribution in [0, 0.1) is 5.82 Å². The molecule has 0 aliphatic carbocycles. The maximum atomic E-state index is 13.3. The first-order valence-corrected chi connectivity index (χ1v) is 11.4. The second-order valence-corrected chi connectivity index (χ2v) is 8.82. The SMILES string of the molecule is CC(C)OC(=O)c1cccnc1N(C)[C@@H]1CCN(Cc2cccc(-c3ccc(F)cc3)c2)C1. The molecule has 3 aromatic rings. The highest BCUT2D eigenvalue weighted by Gasteiger charge is 2.29. The number of pyridine rings is 1. The molecular formula is C27H30FN3O2. The van der Waals surface area contributed by atoms with Gasteiger partial charge in [0.1, 0.15) is 17.2 Å². The zero-order valence-electron chi connectivity index (χ0n) is 19.4. The minimum Gasteiger partial charge on any atom is -0.459 e. The Kier molecular flexibility index (Phi) is 7.04. The number of likely N-dealkylation sites (N-methyl/N-ethyl adjacent to an activating group) is 1. The molecule has 4 rings (SSSR count). The number of anilines is 1. The Labute approximate surface area is 194 Å². The molecule has 172 valence electrons. The fourth-order valence-corrected chi connectivity index (χ4v) is 4.31. The number of halogens is 1. The van der Waals surface area contributed by atoms with Crippen LogP contribution < -0.4 is 4.90 Å². The number of carbonyl (C=O) groups excluding carboxylic acids is 1. The van der Waals surface area contributed by atoms with Gasteiger partial charge in [-0.2, -0.15) is 0 Å². The van der Waals surface area contributed by atoms with E-state index >= 15 is 0 Å². The highest BCUT2D eigenvalue weighted by molar-refractivity contribution is 5.94. The molecule has 0 saturated carbocycles. The number of ether oxygens (including phenoxy) is 1. The predicted molar refractivity (Wildman–Crippen MR) is 129 cm³/mol. The monoisotopic (exact) mass is 447 g/mol. The van der Waals surface area contributed by atoms with Crippen molar-refractivity contribution in [3.05, 3.63) is 83.8 Å². The first-order chi connectivity index (χ1) is 15.9. The van der Waals surface area contributed by atoms with Crippen molar-refractivity contribution in [1.29, 1.82) is 0 Å². The second kappa shape index (κ2) is 10.1. The number of esters is 1. The van der Waals surface area contributed by atoms with Crippen LogP contribution in [0.1, 0.15) is 36.2 Å². The maximum absolute atomic E-state index is 13.3. The molecule has 1 aliphatic rings. The van der Waals surface area contributed by atoms with Crippen LogP contribution in [-0.4, -0.2) is 48.1 Å². The van der Waals surface area contributed by atoms with Crippen molar-refractivity contribution in [3.63, 3.8) is 0 Å². The molecule has 2 heterocycles. The first kappa shape index (κ1) is 22.9. The van der Waals surface area contributed by atoms with Crippen LogP contribution in [0.25, 0.3) is 11.1 Å². The van der Waals surface area contributed by atoms with Gasteiger partial charge in [-0.15, -0.1) is 0 Å². The van der Waals surface area contributed by atoms with Gasteiger partial charge in [-0.3, -0.25) is 4.90 Å². The third-order valence-electron chi connectivity index (χ3n) is 5.99. The van der Waals surface area contributed by atoms with Gasteiger partial charge in [-0.25, -0.2) is 14.2 Å². The Morgan fingerprint density at radius 1 is 1.15 bits per heavy atom. The van der Waals surface area contributed by atoms with E-state index in [1.165, 1.54) is 17.7 Å². The molecule has 33 heavy (non-hydrogen) atoms. The summed E-state index contributed by atoms with van der Waals surface area (Å²) in [6.07, 6.45) is 2.53. The van der Waals surface area contributed by atoms with Gasteiger partial charge in [-0.1, -0.05) is 30.3 Å². The van der Waals surface area contributed by atoms with Crippen LogP contribution in [0.15, 0.2) is 66.9 Å². The van der Waals surface area contributed by atoms with Crippen LogP contribution in [0.4, 0.5) is 10.2 Å². The summed E-state index contributed by atoms with van der Waals surface area (Å²) >= 11 is 0. The Morgan fingerprint density at radius 2 is 1.94 bits per heavy atom. The van der Waals surface area contributed by atoms with Crippen molar-refractivity contribution >= 4 is 11.8 Å². The summed E-state index contributed by atoms with van der Waals surface area (Å²) in [7, 11) is 2.00. The van der Waals surface area contributed by atoms with E-state index in [0.29, 0.717) is 11.4 Å². The van der Waals surface area contributed by atoms with E-state index in [1.54, 1.807) is 18.3 Å². The van der Waals surface area contributed by atoms with Crippen molar-refractivity contribution in [2.24, 2.45) is 0 Å². The molecule has 1 aromatic heterocycles. The quantitative estimate of drug-likeness (QED) is 0.468. The van der Waals surface area contributed by atoms with E-state index < -0.39 is 0 Å². The Bertz CT molecular complexity index is 1100. The summed E-state index contributed by atoms with van der Waals surface area (Å²) in [6.45, 7) is 6.37. The molecule has 0 radical (unpaired) electrons. The summed E-state index contributed by atoms with van der Waals surface area (Å²) in [5.74, 6) is 0.0939. The van der Waals surface area contributed by atoms with E-state index in [1.807, 2.05) is 39.1 Å². The van der Waals surface area contributed by atoms with Gasteiger partial charge in [0.2, 0.25) is 0 Å². The summed E-state index contributed by atoms with van der Waals surface area (Å²) < 4.78 is 18.7. The molecule has 1 aliphatic heterocycles. The smallest absolute Gasteiger partial charge is 0.342 e. The highest BCUT2D eigenvalue weighted by atomic mass is 19.1. The van der Waals surface area contributed by atoms with Crippen molar-refractivity contribution in [2.75, 3.05) is 25.0 Å². The zero-order chi connectivity index (χ0) is 23.4. The topological polar surface area (TPSA) is 45.7 Å². The number of aromatic nitrogens is 1. The number of carbonyl (C=O) groups is 1. The predicted octanol–water partition coefficient (Wildman–Crippen LogP) is 5.16. The molecule has 1 fully saturated rings. The average molecular weight is 448 g/mol. The molecule has 0 spiro atoms. The summed E-state index contributed by atoms with van der Waals surface area (Å²) in [5.41, 5.74) is 3.81. The number of hydrogen-bond donors (Lipinski definition) is 0. The van der Waals surface area contributed by atoms with Crippen molar-refractivity contribution in [1.82, 2.24) is 9.88 Å². The molecule has 1 saturated heterocycles. The number of benzene rings is 2. The number of nitrogens with zero attached hydrogens (tertiary/aromatic N) is 3. The van der Waals surface area contributed by atoms with Gasteiger partial charge in [0.15, 0.2) is 0 Å². The number of hydrogen-bond acceptors (Lipinski definition) is 5. The van der Waals surface area contributed by atoms with Gasteiger partial charge in [0.05, 0.1) is 6.10 Å². The van der Waals surface area contributed by atoms with E-state index in [9.17, 15) is 9.18 Å². The van der Waals surface area contributed by atoms with Gasteiger partial charge in [-0.05, 0) is 67.3 Å². The van der Waals surface area contributed by atoms with Crippen LogP contribution >= 0.6 is 0 Å². The van der Waals surface area contributed by atoms with Gasteiger partial charge >= 0.3 is 5.97 Å². The lowest BCUT2D eigenvalue weighted by molar-refractivity contribution is 0.0378. The van der Waals surface area contributed by atoms with E-state index in [2.05, 4.69) is 33.0 Å². The van der Waals surface area contributed by atoms with Gasteiger partial charge in [0, 0.05) is 38.9 Å². The molecule has 0 amide bonds. The van der Waals surface area contributed by atoms with Gasteiger partial charge < -0.3 is 9.64 Å². The number of likely N-dealkylation sites (tertiary alicyclic amines) is 1. The van der Waals surface area contributed by atoms with Crippen molar-refractivity contribution < 1.29 is 13.9 Å². The average Bonchev–Trinajstić information content (AvgIpc) is 3.27. The third kappa shape index (κ3) is 5.57.